The van der Waals surface area contributed by atoms with Crippen molar-refractivity contribution < 1.29 is 14.3 Å². The van der Waals surface area contributed by atoms with Crippen LogP contribution in [-0.4, -0.2) is 36.0 Å². The van der Waals surface area contributed by atoms with Gasteiger partial charge in [0.25, 0.3) is 5.91 Å². The van der Waals surface area contributed by atoms with E-state index in [2.05, 4.69) is 10.4 Å². The summed E-state index contributed by atoms with van der Waals surface area (Å²) in [7, 11) is 1.62. The molecule has 0 aliphatic carbocycles. The molecule has 0 saturated carbocycles. The van der Waals surface area contributed by atoms with Gasteiger partial charge in [-0.1, -0.05) is 41.9 Å². The highest BCUT2D eigenvalue weighted by atomic mass is 35.5. The Morgan fingerprint density at radius 2 is 1.82 bits per heavy atom. The molecular weight excluding hydrogens is 378 g/mol. The van der Waals surface area contributed by atoms with E-state index >= 15 is 0 Å². The molecule has 1 heterocycles. The lowest BCUT2D eigenvalue weighted by atomic mass is 10.2. The Balaban J connectivity index is 1.69. The van der Waals surface area contributed by atoms with Crippen LogP contribution in [0.3, 0.4) is 0 Å². The van der Waals surface area contributed by atoms with E-state index in [1.807, 2.05) is 30.3 Å². The number of anilines is 1. The van der Waals surface area contributed by atoms with Crippen LogP contribution in [0.2, 0.25) is 5.15 Å². The minimum Gasteiger partial charge on any atom is -0.491 e. The molecule has 6 nitrogen and oxygen atoms in total. The highest BCUT2D eigenvalue weighted by molar-refractivity contribution is 6.33. The predicted octanol–water partition coefficient (Wildman–Crippen LogP) is 4.17. The van der Waals surface area contributed by atoms with Gasteiger partial charge in [0.2, 0.25) is 0 Å². The molecule has 3 aromatic rings. The summed E-state index contributed by atoms with van der Waals surface area (Å²) in [6.07, 6.45) is 0. The summed E-state index contributed by atoms with van der Waals surface area (Å²) in [5, 5.41) is 7.59. The van der Waals surface area contributed by atoms with Gasteiger partial charge in [-0.3, -0.25) is 4.79 Å². The lowest BCUT2D eigenvalue weighted by molar-refractivity contribution is 0.102. The van der Waals surface area contributed by atoms with Crippen molar-refractivity contribution in [1.29, 1.82) is 0 Å². The van der Waals surface area contributed by atoms with E-state index in [0.29, 0.717) is 47.6 Å². The molecule has 2 aromatic carbocycles. The van der Waals surface area contributed by atoms with Crippen molar-refractivity contribution in [3.8, 4) is 5.75 Å². The molecule has 28 heavy (non-hydrogen) atoms. The number of ether oxygens (including phenoxy) is 2. The molecule has 7 heteroatoms. The van der Waals surface area contributed by atoms with Crippen molar-refractivity contribution in [2.24, 2.45) is 0 Å². The molecule has 0 fully saturated rings. The number of nitrogens with one attached hydrogen (secondary N) is 1. The minimum atomic E-state index is -0.296. The number of amides is 1. The number of nitrogens with zero attached hydrogens (tertiary/aromatic N) is 2. The van der Waals surface area contributed by atoms with Crippen LogP contribution in [0.15, 0.2) is 54.6 Å². The fraction of sp³-hybridized carbons (Fsp3) is 0.238. The van der Waals surface area contributed by atoms with Crippen molar-refractivity contribution in [1.82, 2.24) is 9.78 Å². The average molecular weight is 400 g/mol. The predicted molar refractivity (Wildman–Crippen MR) is 109 cm³/mol. The molecule has 0 atom stereocenters. The number of halogens is 1. The number of hydrogen-bond donors (Lipinski definition) is 1. The fourth-order valence-electron chi connectivity index (χ4n) is 2.74. The van der Waals surface area contributed by atoms with Crippen LogP contribution in [0.4, 0.5) is 5.69 Å². The fourth-order valence-corrected chi connectivity index (χ4v) is 3.06. The maximum atomic E-state index is 12.7. The van der Waals surface area contributed by atoms with Crippen LogP contribution in [0.5, 0.6) is 5.75 Å². The van der Waals surface area contributed by atoms with Gasteiger partial charge in [-0.2, -0.15) is 5.10 Å². The maximum Gasteiger partial charge on any atom is 0.260 e. The number of aryl methyl sites for hydroxylation is 1. The number of benzene rings is 2. The monoisotopic (exact) mass is 399 g/mol. The third kappa shape index (κ3) is 4.91. The van der Waals surface area contributed by atoms with Gasteiger partial charge in [0, 0.05) is 12.8 Å². The highest BCUT2D eigenvalue weighted by Crippen LogP contribution is 2.23. The van der Waals surface area contributed by atoms with Gasteiger partial charge >= 0.3 is 0 Å². The SMILES string of the molecule is COCCOc1ccc(NC(=O)c2c(C)nn(Cc3ccccc3)c2Cl)cc1. The van der Waals surface area contributed by atoms with Crippen LogP contribution in [0.1, 0.15) is 21.6 Å². The molecule has 0 unspecified atom stereocenters. The van der Waals surface area contributed by atoms with Gasteiger partial charge in [-0.15, -0.1) is 0 Å². The Labute approximate surface area is 169 Å². The van der Waals surface area contributed by atoms with Gasteiger partial charge in [-0.05, 0) is 36.8 Å². The van der Waals surface area contributed by atoms with E-state index in [1.165, 1.54) is 0 Å². The van der Waals surface area contributed by atoms with Gasteiger partial charge in [0.15, 0.2) is 0 Å². The van der Waals surface area contributed by atoms with Crippen molar-refractivity contribution in [2.45, 2.75) is 13.5 Å². The number of hydrogen-bond acceptors (Lipinski definition) is 4. The zero-order chi connectivity index (χ0) is 19.9. The lowest BCUT2D eigenvalue weighted by Crippen LogP contribution is -2.13. The lowest BCUT2D eigenvalue weighted by Gasteiger charge is -2.08. The first-order valence-corrected chi connectivity index (χ1v) is 9.26. The first kappa shape index (κ1) is 19.9. The highest BCUT2D eigenvalue weighted by Gasteiger charge is 2.20. The molecule has 0 spiro atoms. The van der Waals surface area contributed by atoms with Crippen LogP contribution in [0, 0.1) is 6.92 Å². The third-order valence-corrected chi connectivity index (χ3v) is 4.52. The van der Waals surface area contributed by atoms with E-state index in [-0.39, 0.29) is 5.91 Å². The summed E-state index contributed by atoms with van der Waals surface area (Å²) < 4.78 is 12.1. The van der Waals surface area contributed by atoms with Crippen molar-refractivity contribution in [2.75, 3.05) is 25.6 Å². The smallest absolute Gasteiger partial charge is 0.260 e. The molecular formula is C21H22ClN3O3. The molecule has 1 aromatic heterocycles. The number of aromatic nitrogens is 2. The maximum absolute atomic E-state index is 12.7. The van der Waals surface area contributed by atoms with Gasteiger partial charge in [0.05, 0.1) is 24.4 Å². The number of carbonyl (C=O) groups is 1. The third-order valence-electron chi connectivity index (χ3n) is 4.14. The summed E-state index contributed by atoms with van der Waals surface area (Å²) in [5.74, 6) is 0.412. The van der Waals surface area contributed by atoms with Crippen LogP contribution >= 0.6 is 11.6 Å². The number of rotatable bonds is 8. The largest absolute Gasteiger partial charge is 0.491 e. The first-order valence-electron chi connectivity index (χ1n) is 8.88. The number of carbonyl (C=O) groups excluding carboxylic acids is 1. The van der Waals surface area contributed by atoms with Gasteiger partial charge in [-0.25, -0.2) is 4.68 Å². The molecule has 0 saturated heterocycles. The Bertz CT molecular complexity index is 924. The molecule has 0 bridgehead atoms. The minimum absolute atomic E-state index is 0.296. The summed E-state index contributed by atoms with van der Waals surface area (Å²) in [6.45, 7) is 3.26. The zero-order valence-electron chi connectivity index (χ0n) is 15.8. The van der Waals surface area contributed by atoms with Crippen LogP contribution in [0.25, 0.3) is 0 Å². The molecule has 0 aliphatic rings. The van der Waals surface area contributed by atoms with Crippen LogP contribution in [-0.2, 0) is 11.3 Å². The van der Waals surface area contributed by atoms with Crippen molar-refractivity contribution in [3.05, 3.63) is 76.6 Å². The molecule has 1 amide bonds. The Kier molecular flexibility index (Phi) is 6.68. The average Bonchev–Trinajstić information content (AvgIpc) is 2.97. The second kappa shape index (κ2) is 9.39. The van der Waals surface area contributed by atoms with E-state index in [0.717, 1.165) is 5.56 Å². The molecule has 1 N–H and O–H groups in total. The summed E-state index contributed by atoms with van der Waals surface area (Å²) in [6, 6.07) is 17.0. The number of methoxy groups -OCH3 is 1. The standard InChI is InChI=1S/C21H22ClN3O3/c1-15-19(20(22)25(24-15)14-16-6-4-3-5-7-16)21(26)23-17-8-10-18(11-9-17)28-13-12-27-2/h3-11H,12-14H2,1-2H3,(H,23,26). The second-order valence-corrected chi connectivity index (χ2v) is 6.57. The van der Waals surface area contributed by atoms with Crippen LogP contribution < -0.4 is 10.1 Å². The first-order chi connectivity index (χ1) is 13.6. The summed E-state index contributed by atoms with van der Waals surface area (Å²) >= 11 is 6.44. The summed E-state index contributed by atoms with van der Waals surface area (Å²) in [4.78, 5) is 12.7. The van der Waals surface area contributed by atoms with E-state index in [9.17, 15) is 4.79 Å². The molecule has 0 aliphatic heterocycles. The second-order valence-electron chi connectivity index (χ2n) is 6.21. The Hall–Kier alpha value is -2.83. The van der Waals surface area contributed by atoms with E-state index in [1.54, 1.807) is 43.0 Å². The molecule has 0 radical (unpaired) electrons. The summed E-state index contributed by atoms with van der Waals surface area (Å²) in [5.41, 5.74) is 2.66. The zero-order valence-corrected chi connectivity index (χ0v) is 16.6. The molecule has 146 valence electrons. The Morgan fingerprint density at radius 3 is 2.50 bits per heavy atom. The quantitative estimate of drug-likeness (QED) is 0.577. The van der Waals surface area contributed by atoms with E-state index in [4.69, 9.17) is 21.1 Å². The Morgan fingerprint density at radius 1 is 1.11 bits per heavy atom. The van der Waals surface area contributed by atoms with E-state index < -0.39 is 0 Å². The molecule has 3 rings (SSSR count). The van der Waals surface area contributed by atoms with Crippen molar-refractivity contribution >= 4 is 23.2 Å². The topological polar surface area (TPSA) is 65.4 Å². The van der Waals surface area contributed by atoms with Gasteiger partial charge < -0.3 is 14.8 Å². The van der Waals surface area contributed by atoms with Gasteiger partial charge in [0.1, 0.15) is 17.5 Å². The normalized spacial score (nSPS) is 10.7. The van der Waals surface area contributed by atoms with Crippen molar-refractivity contribution in [3.63, 3.8) is 0 Å².